The van der Waals surface area contributed by atoms with Gasteiger partial charge in [-0.2, -0.15) is 9.97 Å². The average molecular weight is 483 g/mol. The fraction of sp³-hybridized carbons (Fsp3) is 0.615. The molecule has 1 aliphatic carbocycles. The summed E-state index contributed by atoms with van der Waals surface area (Å²) < 4.78 is 5.46. The molecular weight excluding hydrogens is 440 g/mol. The fourth-order valence-corrected chi connectivity index (χ4v) is 3.79. The highest BCUT2D eigenvalue weighted by molar-refractivity contribution is 6.03. The summed E-state index contributed by atoms with van der Waals surface area (Å²) in [6.45, 7) is 14.7. The minimum atomic E-state index is 0.328. The third-order valence-electron chi connectivity index (χ3n) is 6.21. The van der Waals surface area contributed by atoms with Gasteiger partial charge in [-0.15, -0.1) is 0 Å². The molecule has 2 N–H and O–H groups in total. The molecule has 0 unspecified atom stereocenters. The van der Waals surface area contributed by atoms with Crippen molar-refractivity contribution in [3.63, 3.8) is 0 Å². The lowest BCUT2D eigenvalue weighted by atomic mass is 10.1. The van der Waals surface area contributed by atoms with E-state index in [2.05, 4.69) is 64.5 Å². The maximum absolute atomic E-state index is 5.46. The first-order chi connectivity index (χ1) is 16.9. The molecule has 1 saturated heterocycles. The zero-order chi connectivity index (χ0) is 25.4. The van der Waals surface area contributed by atoms with Gasteiger partial charge in [-0.1, -0.05) is 38.4 Å². The Labute approximate surface area is 210 Å². The van der Waals surface area contributed by atoms with Gasteiger partial charge in [0, 0.05) is 45.4 Å². The number of rotatable bonds is 8. The van der Waals surface area contributed by atoms with Crippen molar-refractivity contribution < 1.29 is 4.52 Å². The topological polar surface area (TPSA) is 94.7 Å². The van der Waals surface area contributed by atoms with Gasteiger partial charge in [-0.05, 0) is 44.7 Å². The van der Waals surface area contributed by atoms with Crippen LogP contribution in [0.15, 0.2) is 33.3 Å². The van der Waals surface area contributed by atoms with Crippen molar-refractivity contribution in [2.24, 2.45) is 10.9 Å². The summed E-state index contributed by atoms with van der Waals surface area (Å²) in [7, 11) is 3.95. The highest BCUT2D eigenvalue weighted by atomic mass is 16.5. The summed E-state index contributed by atoms with van der Waals surface area (Å²) in [5.74, 6) is 4.78. The van der Waals surface area contributed by atoms with Crippen molar-refractivity contribution in [2.45, 2.75) is 59.9 Å². The third-order valence-corrected chi connectivity index (χ3v) is 6.21. The number of nitrogens with zero attached hydrogens (tertiary/aromatic N) is 6. The van der Waals surface area contributed by atoms with Crippen LogP contribution in [-0.2, 0) is 6.54 Å². The van der Waals surface area contributed by atoms with Gasteiger partial charge >= 0.3 is 0 Å². The van der Waals surface area contributed by atoms with Crippen molar-refractivity contribution in [1.82, 2.24) is 20.0 Å². The zero-order valence-corrected chi connectivity index (χ0v) is 22.4. The van der Waals surface area contributed by atoms with Crippen LogP contribution in [-0.4, -0.2) is 66.1 Å². The second kappa shape index (κ2) is 12.7. The molecule has 0 spiro atoms. The van der Waals surface area contributed by atoms with Crippen molar-refractivity contribution in [2.75, 3.05) is 55.8 Å². The molecule has 192 valence electrons. The Bertz CT molecular complexity index is 1000. The molecule has 0 atom stereocenters. The maximum atomic E-state index is 5.46. The number of piperazine rings is 1. The Morgan fingerprint density at radius 3 is 2.49 bits per heavy atom. The van der Waals surface area contributed by atoms with E-state index in [1.807, 2.05) is 26.0 Å². The molecule has 9 nitrogen and oxygen atoms in total. The SMILES string of the molecule is CC.CN=C(/C=C(\C)C1CC1)Nc1cc(N2CCN(C)CC2)nc(NCc2cc(C(C)C)no2)n1. The summed E-state index contributed by atoms with van der Waals surface area (Å²) in [4.78, 5) is 18.6. The zero-order valence-electron chi connectivity index (χ0n) is 22.4. The van der Waals surface area contributed by atoms with E-state index in [1.54, 1.807) is 7.05 Å². The summed E-state index contributed by atoms with van der Waals surface area (Å²) in [5, 5.41) is 10.8. The molecule has 1 aliphatic heterocycles. The van der Waals surface area contributed by atoms with Gasteiger partial charge in [0.1, 0.15) is 17.5 Å². The van der Waals surface area contributed by atoms with E-state index in [0.29, 0.717) is 24.3 Å². The van der Waals surface area contributed by atoms with Crippen LogP contribution < -0.4 is 15.5 Å². The average Bonchev–Trinajstić information content (AvgIpc) is 3.61. The summed E-state index contributed by atoms with van der Waals surface area (Å²) >= 11 is 0. The van der Waals surface area contributed by atoms with Gasteiger partial charge < -0.3 is 25.0 Å². The molecule has 0 bridgehead atoms. The molecule has 2 aliphatic rings. The van der Waals surface area contributed by atoms with Crippen LogP contribution in [0.1, 0.15) is 64.8 Å². The first kappa shape index (κ1) is 26.7. The largest absolute Gasteiger partial charge is 0.359 e. The molecule has 35 heavy (non-hydrogen) atoms. The molecule has 0 amide bonds. The van der Waals surface area contributed by atoms with Crippen LogP contribution in [0.3, 0.4) is 0 Å². The Kier molecular flexibility index (Phi) is 9.65. The summed E-state index contributed by atoms with van der Waals surface area (Å²) in [5.41, 5.74) is 2.31. The lowest BCUT2D eigenvalue weighted by molar-refractivity contribution is 0.312. The number of likely N-dealkylation sites (N-methyl/N-ethyl adjacent to an activating group) is 1. The molecule has 3 heterocycles. The van der Waals surface area contributed by atoms with E-state index in [1.165, 1.54) is 18.4 Å². The standard InChI is InChI=1S/C24H36N8O.C2H6/c1-16(2)20-13-19(33-30-20)15-26-24-28-22(27-21(25-4)12-17(3)18-6-7-18)14-23(29-24)32-10-8-31(5)9-11-32;1-2/h12-14,16,18H,6-11,15H2,1-5H3,(H2,25,26,27,28,29);1-2H3/b17-12+;. The van der Waals surface area contributed by atoms with E-state index < -0.39 is 0 Å². The molecule has 2 fully saturated rings. The van der Waals surface area contributed by atoms with Crippen LogP contribution in [0, 0.1) is 5.92 Å². The van der Waals surface area contributed by atoms with Gasteiger partial charge in [0.25, 0.3) is 0 Å². The summed E-state index contributed by atoms with van der Waals surface area (Å²) in [6.07, 6.45) is 4.67. The van der Waals surface area contributed by atoms with E-state index in [9.17, 15) is 0 Å². The number of amidine groups is 1. The minimum absolute atomic E-state index is 0.328. The van der Waals surface area contributed by atoms with E-state index in [0.717, 1.165) is 55.1 Å². The minimum Gasteiger partial charge on any atom is -0.359 e. The van der Waals surface area contributed by atoms with Crippen LogP contribution in [0.2, 0.25) is 0 Å². The van der Waals surface area contributed by atoms with E-state index in [4.69, 9.17) is 14.5 Å². The smallest absolute Gasteiger partial charge is 0.227 e. The number of nitrogens with one attached hydrogen (secondary N) is 2. The quantitative estimate of drug-likeness (QED) is 0.410. The summed E-state index contributed by atoms with van der Waals surface area (Å²) in [6, 6.07) is 3.99. The van der Waals surface area contributed by atoms with Crippen molar-refractivity contribution in [3.05, 3.63) is 35.2 Å². The molecule has 2 aromatic rings. The second-order valence-corrected chi connectivity index (χ2v) is 9.35. The maximum Gasteiger partial charge on any atom is 0.227 e. The predicted molar refractivity (Wildman–Crippen MR) is 144 cm³/mol. The van der Waals surface area contributed by atoms with E-state index >= 15 is 0 Å². The number of hydrogen-bond donors (Lipinski definition) is 2. The molecule has 4 rings (SSSR count). The van der Waals surface area contributed by atoms with Crippen molar-refractivity contribution in [1.29, 1.82) is 0 Å². The molecular formula is C26H42N8O. The second-order valence-electron chi connectivity index (χ2n) is 9.35. The molecule has 0 radical (unpaired) electrons. The van der Waals surface area contributed by atoms with Gasteiger partial charge in [0.2, 0.25) is 5.95 Å². The Morgan fingerprint density at radius 1 is 1.17 bits per heavy atom. The Hall–Kier alpha value is -2.94. The molecule has 1 saturated carbocycles. The monoisotopic (exact) mass is 482 g/mol. The molecule has 9 heteroatoms. The number of allylic oxidation sites excluding steroid dienone is 1. The Balaban J connectivity index is 0.00000167. The van der Waals surface area contributed by atoms with Gasteiger partial charge in [-0.3, -0.25) is 4.99 Å². The third kappa shape index (κ3) is 7.78. The fourth-order valence-electron chi connectivity index (χ4n) is 3.79. The molecule has 2 aromatic heterocycles. The Morgan fingerprint density at radius 2 is 1.89 bits per heavy atom. The number of anilines is 3. The van der Waals surface area contributed by atoms with Gasteiger partial charge in [0.15, 0.2) is 5.76 Å². The normalized spacial score (nSPS) is 17.3. The van der Waals surface area contributed by atoms with Crippen molar-refractivity contribution in [3.8, 4) is 0 Å². The number of aromatic nitrogens is 3. The van der Waals surface area contributed by atoms with E-state index in [-0.39, 0.29) is 0 Å². The van der Waals surface area contributed by atoms with Gasteiger partial charge in [-0.25, -0.2) is 0 Å². The molecule has 0 aromatic carbocycles. The van der Waals surface area contributed by atoms with Crippen LogP contribution in [0.25, 0.3) is 0 Å². The first-order valence-corrected chi connectivity index (χ1v) is 12.8. The van der Waals surface area contributed by atoms with Crippen LogP contribution in [0.5, 0.6) is 0 Å². The lowest BCUT2D eigenvalue weighted by Crippen LogP contribution is -2.44. The highest BCUT2D eigenvalue weighted by Crippen LogP contribution is 2.36. The van der Waals surface area contributed by atoms with Crippen LogP contribution in [0.4, 0.5) is 17.6 Å². The van der Waals surface area contributed by atoms with Crippen LogP contribution >= 0.6 is 0 Å². The lowest BCUT2D eigenvalue weighted by Gasteiger charge is -2.33. The van der Waals surface area contributed by atoms with Crippen molar-refractivity contribution >= 4 is 23.4 Å². The highest BCUT2D eigenvalue weighted by Gasteiger charge is 2.23. The van der Waals surface area contributed by atoms with Gasteiger partial charge in [0.05, 0.1) is 12.2 Å². The number of hydrogen-bond acceptors (Lipinski definition) is 8. The number of aliphatic imine (C=N–C) groups is 1. The predicted octanol–water partition coefficient (Wildman–Crippen LogP) is 4.77. The first-order valence-electron chi connectivity index (χ1n) is 12.8.